The van der Waals surface area contributed by atoms with Crippen LogP contribution in [0.1, 0.15) is 34.6 Å². The molecule has 0 unspecified atom stereocenters. The number of pyridine rings is 8. The fourth-order valence-electron chi connectivity index (χ4n) is 10.6. The standard InChI is InChI=1S/C26H28N6O4.C24H24N6O4S2.C20H20N6.C16H14N4.C4H5NO2S/c1-5-35-25(33)31-17(3)29-21-11-13-23(27-15-21)19-7-9-20(10-8-19)24-14-12-22(16-28-24)30-18(4)32-26(34)36-6-2;1-3-33-23(31)29-21(35)27-17-9-11-19(25-13-17)15-5-7-16(8-6-15)20-12-10-18(14-26-20)28-22(36)30-24(32)34-4-2;1-13(21)25-17-7-9-19(23-11-17)15-3-5-16(6-4-15)20-10-8-18(12-24-20)26-14(2)22;17-13-5-7-15(19-9-13)11-1-2-12(4-3-11)16-8-6-14(18)10-20-16;1-2-7-4(6)5-3-8/h7-16,29-30H,3-6H2,1-2H3,(H,31,33)(H,32,34);5-14H,3-4H2,1-2H3,(H2,27,29,31,35)(H2,28,30,32,36);3-12,25-26H,1-2,21-22H2;1-10H,17-18H2;2H2,1H3. The Kier molecular flexibility index (Phi) is 37.7. The van der Waals surface area contributed by atoms with Gasteiger partial charge in [-0.05, 0) is 168 Å². The summed E-state index contributed by atoms with van der Waals surface area (Å²) in [5, 5.41) is 29.5. The maximum atomic E-state index is 11.4. The number of hydrogen-bond donors (Lipinski definition) is 14. The molecule has 0 aliphatic carbocycles. The second-order valence-corrected chi connectivity index (χ2v) is 26.6. The van der Waals surface area contributed by atoms with E-state index in [4.69, 9.17) is 66.3 Å². The monoisotopic (exact) mass is 1750 g/mol. The maximum Gasteiger partial charge on any atom is 0.442 e. The van der Waals surface area contributed by atoms with Crippen molar-refractivity contribution in [2.75, 3.05) is 76.4 Å². The van der Waals surface area contributed by atoms with Gasteiger partial charge in [-0.1, -0.05) is 123 Å². The Balaban J connectivity index is 0.000000206. The highest BCUT2D eigenvalue weighted by Gasteiger charge is 2.14. The van der Waals surface area contributed by atoms with Crippen molar-refractivity contribution in [2.24, 2.45) is 16.5 Å². The lowest BCUT2D eigenvalue weighted by Gasteiger charge is -2.11. The molecule has 0 saturated heterocycles. The fourth-order valence-corrected chi connectivity index (χ4v) is 11.1. The molecule has 8 heterocycles. The Morgan fingerprint density at radius 2 is 0.516 bits per heavy atom. The number of benzene rings is 4. The van der Waals surface area contributed by atoms with Gasteiger partial charge < -0.3 is 78.5 Å². The molecule has 0 radical (unpaired) electrons. The number of alkyl carbamates (subject to hydrolysis) is 4. The van der Waals surface area contributed by atoms with E-state index in [-0.39, 0.29) is 36.7 Å². The van der Waals surface area contributed by atoms with E-state index in [1.165, 1.54) is 0 Å². The number of aliphatic imine (C=N–C) groups is 1. The molecule has 0 aliphatic heterocycles. The highest BCUT2D eigenvalue weighted by Crippen LogP contribution is 2.30. The first-order chi connectivity index (χ1) is 60.8. The summed E-state index contributed by atoms with van der Waals surface area (Å²) < 4.78 is 23.5. The minimum absolute atomic E-state index is 0.123. The lowest BCUT2D eigenvalue weighted by Crippen LogP contribution is -2.34. The van der Waals surface area contributed by atoms with Crippen LogP contribution in [0, 0.1) is 0 Å². The summed E-state index contributed by atoms with van der Waals surface area (Å²) in [5.41, 5.74) is 42.4. The van der Waals surface area contributed by atoms with Crippen LogP contribution in [0.4, 0.5) is 69.5 Å². The molecular weight excluding hydrogens is 1660 g/mol. The van der Waals surface area contributed by atoms with Crippen LogP contribution in [-0.2, 0) is 23.7 Å². The molecule has 12 rings (SSSR count). The topological polar surface area (TPSA) is 471 Å². The van der Waals surface area contributed by atoms with Crippen LogP contribution in [0.15, 0.2) is 298 Å². The molecular formula is C90H91N23O10S3. The first-order valence-corrected chi connectivity index (χ1v) is 39.6. The Morgan fingerprint density at radius 1 is 0.310 bits per heavy atom. The van der Waals surface area contributed by atoms with Crippen LogP contribution in [0.25, 0.3) is 90.1 Å². The zero-order chi connectivity index (χ0) is 90.7. The Hall–Kier alpha value is -16.4. The third kappa shape index (κ3) is 32.6. The van der Waals surface area contributed by atoms with E-state index < -0.39 is 30.5 Å². The second kappa shape index (κ2) is 50.0. The van der Waals surface area contributed by atoms with Crippen LogP contribution < -0.4 is 76.1 Å². The number of nitrogen functional groups attached to an aromatic ring is 2. The van der Waals surface area contributed by atoms with Crippen molar-refractivity contribution in [1.29, 1.82) is 0 Å². The number of isothiocyanates is 1. The van der Waals surface area contributed by atoms with E-state index in [0.717, 1.165) is 101 Å². The number of anilines is 8. The first kappa shape index (κ1) is 95.0. The van der Waals surface area contributed by atoms with Gasteiger partial charge >= 0.3 is 30.5 Å². The summed E-state index contributed by atoms with van der Waals surface area (Å²) in [6, 6.07) is 61.7. The number of thiocarbonyl (C=S) groups is 3. The summed E-state index contributed by atoms with van der Waals surface area (Å²) in [5.74, 6) is 1.35. The van der Waals surface area contributed by atoms with Crippen LogP contribution in [-0.4, -0.2) is 119 Å². The van der Waals surface area contributed by atoms with Gasteiger partial charge in [-0.2, -0.15) is 0 Å². The van der Waals surface area contributed by atoms with Gasteiger partial charge in [0.25, 0.3) is 0 Å². The smallest absolute Gasteiger partial charge is 0.442 e. The fraction of sp³-hybridized carbons (Fsp3) is 0.111. The van der Waals surface area contributed by atoms with Crippen molar-refractivity contribution in [3.63, 3.8) is 0 Å². The maximum absolute atomic E-state index is 11.4. The van der Waals surface area contributed by atoms with E-state index in [0.29, 0.717) is 64.0 Å². The van der Waals surface area contributed by atoms with Crippen LogP contribution in [0.5, 0.6) is 0 Å². The van der Waals surface area contributed by atoms with Crippen molar-refractivity contribution in [3.05, 3.63) is 293 Å². The number of nitrogens with one attached hydrogen (secondary N) is 10. The quantitative estimate of drug-likeness (QED) is 0.0144. The van der Waals surface area contributed by atoms with Crippen LogP contribution >= 0.6 is 36.7 Å². The molecule has 12 aromatic rings. The summed E-state index contributed by atoms with van der Waals surface area (Å²) in [7, 11) is 0. The predicted octanol–water partition coefficient (Wildman–Crippen LogP) is 17.5. The molecule has 4 aromatic carbocycles. The molecule has 33 nitrogen and oxygen atoms in total. The molecule has 0 saturated carbocycles. The number of ether oxygens (including phenoxy) is 5. The van der Waals surface area contributed by atoms with E-state index in [2.05, 4.69) is 141 Å². The van der Waals surface area contributed by atoms with Crippen molar-refractivity contribution in [3.8, 4) is 90.1 Å². The summed E-state index contributed by atoms with van der Waals surface area (Å²) in [4.78, 5) is 94.2. The Bertz CT molecular complexity index is 5180. The van der Waals surface area contributed by atoms with Gasteiger partial charge in [-0.25, -0.2) is 24.0 Å². The van der Waals surface area contributed by atoms with Gasteiger partial charge in [-0.3, -0.25) is 61.1 Å². The van der Waals surface area contributed by atoms with Gasteiger partial charge in [0.1, 0.15) is 11.6 Å². The van der Waals surface area contributed by atoms with Crippen LogP contribution in [0.2, 0.25) is 0 Å². The molecule has 0 aliphatic rings. The molecule has 0 bridgehead atoms. The van der Waals surface area contributed by atoms with Crippen LogP contribution in [0.3, 0.4) is 0 Å². The summed E-state index contributed by atoms with van der Waals surface area (Å²) in [6.45, 7) is 24.6. The normalized spacial score (nSPS) is 9.94. The highest BCUT2D eigenvalue weighted by atomic mass is 32.1. The van der Waals surface area contributed by atoms with E-state index in [1.54, 1.807) is 84.2 Å². The van der Waals surface area contributed by atoms with E-state index in [1.807, 2.05) is 199 Å². The number of nitrogens with two attached hydrogens (primary N) is 4. The molecule has 5 amide bonds. The summed E-state index contributed by atoms with van der Waals surface area (Å²) >= 11 is 14.3. The Labute approximate surface area is 743 Å². The Morgan fingerprint density at radius 3 is 0.706 bits per heavy atom. The molecule has 126 heavy (non-hydrogen) atoms. The number of rotatable bonds is 25. The van der Waals surface area contributed by atoms with Crippen molar-refractivity contribution in [1.82, 2.24) is 61.1 Å². The number of carbonyl (C=O) groups is 5. The molecule has 0 spiro atoms. The van der Waals surface area contributed by atoms with Crippen molar-refractivity contribution < 1.29 is 47.7 Å². The molecule has 0 fully saturated rings. The number of hydrogen-bond acceptors (Lipinski definition) is 29. The van der Waals surface area contributed by atoms with Crippen molar-refractivity contribution >= 4 is 128 Å². The number of nitrogens with zero attached hydrogens (tertiary/aromatic N) is 9. The zero-order valence-corrected chi connectivity index (χ0v) is 71.5. The third-order valence-electron chi connectivity index (χ3n) is 16.2. The number of carbonyl (C=O) groups excluding carboxylic acids is 5. The largest absolute Gasteiger partial charge is 0.450 e. The average Bonchev–Trinajstić information content (AvgIpc) is 0.846. The van der Waals surface area contributed by atoms with Gasteiger partial charge in [0.15, 0.2) is 10.2 Å². The molecule has 644 valence electrons. The molecule has 18 N–H and O–H groups in total. The van der Waals surface area contributed by atoms with Gasteiger partial charge in [0.05, 0.1) is 190 Å². The third-order valence-corrected chi connectivity index (χ3v) is 16.7. The van der Waals surface area contributed by atoms with E-state index in [9.17, 15) is 24.0 Å². The molecule has 36 heteroatoms. The van der Waals surface area contributed by atoms with E-state index >= 15 is 0 Å². The molecule has 8 aromatic heterocycles. The minimum Gasteiger partial charge on any atom is -0.450 e. The SMILES string of the molecule is C=C(N)Nc1ccc(-c2ccc(-c3ccc(NC(=C)N)cn3)cc2)nc1.C=C(NC(=O)OCC)Nc1ccc(-c2ccc(-c3ccc(NC(=C)NC(=O)OCC)cn3)cc2)nc1.CCOC(=O)N=C=S.CCOC(=O)NC(=S)Nc1ccc(-c2ccc(-c3ccc(NC(=S)NC(=O)OCC)cn3)cc2)nc1.Nc1ccc(-c2ccc(-c3ccc(N)cn3)cc2)nc1. The first-order valence-electron chi connectivity index (χ1n) is 38.4. The van der Waals surface area contributed by atoms with Gasteiger partial charge in [0, 0.05) is 44.5 Å². The summed E-state index contributed by atoms with van der Waals surface area (Å²) in [6.07, 6.45) is 10.3. The minimum atomic E-state index is -0.678. The van der Waals surface area contributed by atoms with Gasteiger partial charge in [-0.15, -0.1) is 4.99 Å². The highest BCUT2D eigenvalue weighted by molar-refractivity contribution is 7.80. The second-order valence-electron chi connectivity index (χ2n) is 25.6. The lowest BCUT2D eigenvalue weighted by atomic mass is 10.1. The van der Waals surface area contributed by atoms with Gasteiger partial charge in [0.2, 0.25) is 0 Å². The lowest BCUT2D eigenvalue weighted by molar-refractivity contribution is 0.154. The zero-order valence-electron chi connectivity index (χ0n) is 69.1. The predicted molar refractivity (Wildman–Crippen MR) is 505 cm³/mol. The number of amides is 5. The average molecular weight is 1750 g/mol. The number of aromatic nitrogens is 8. The van der Waals surface area contributed by atoms with Crippen molar-refractivity contribution in [2.45, 2.75) is 34.6 Å². The molecule has 0 atom stereocenters.